The highest BCUT2D eigenvalue weighted by Gasteiger charge is 2.19. The van der Waals surface area contributed by atoms with E-state index < -0.39 is 5.54 Å². The first-order chi connectivity index (χ1) is 5.87. The number of amides is 1. The van der Waals surface area contributed by atoms with Crippen LogP contribution in [0, 0.1) is 0 Å². The molecule has 0 radical (unpaired) electrons. The van der Waals surface area contributed by atoms with Crippen molar-refractivity contribution in [2.75, 3.05) is 0 Å². The van der Waals surface area contributed by atoms with Gasteiger partial charge in [-0.15, -0.1) is 0 Å². The van der Waals surface area contributed by atoms with Crippen LogP contribution in [0.2, 0.25) is 0 Å². The molecule has 0 atom stereocenters. The summed E-state index contributed by atoms with van der Waals surface area (Å²) in [5.74, 6) is 0.242. The molecule has 0 aliphatic rings. The molecule has 4 N–H and O–H groups in total. The lowest BCUT2D eigenvalue weighted by atomic mass is 10.0. The molecule has 1 amide bonds. The van der Waals surface area contributed by atoms with Gasteiger partial charge < -0.3 is 11.5 Å². The third-order valence-corrected chi connectivity index (χ3v) is 1.56. The number of hydrogen-bond donors (Lipinski definition) is 2. The third kappa shape index (κ3) is 6.13. The summed E-state index contributed by atoms with van der Waals surface area (Å²) in [5, 5.41) is 0. The Morgan fingerprint density at radius 1 is 1.38 bits per heavy atom. The number of nitrogens with zero attached hydrogens (tertiary/aromatic N) is 1. The van der Waals surface area contributed by atoms with Crippen LogP contribution in [0.1, 0.15) is 40.0 Å². The zero-order chi connectivity index (χ0) is 10.5. The number of rotatable bonds is 5. The lowest BCUT2D eigenvalue weighted by Crippen LogP contribution is -2.29. The van der Waals surface area contributed by atoms with Gasteiger partial charge in [0.15, 0.2) is 0 Å². The summed E-state index contributed by atoms with van der Waals surface area (Å²) >= 11 is 0. The Kier molecular flexibility index (Phi) is 4.45. The van der Waals surface area contributed by atoms with Crippen molar-refractivity contribution in [2.24, 2.45) is 16.5 Å². The number of aliphatic imine (C=N–C) groups is 1. The molecule has 0 unspecified atom stereocenters. The maximum absolute atomic E-state index is 10.7. The molecule has 76 valence electrons. The molecule has 4 heteroatoms. The Morgan fingerprint density at radius 2 is 1.92 bits per heavy atom. The summed E-state index contributed by atoms with van der Waals surface area (Å²) in [7, 11) is 0. The molecule has 4 nitrogen and oxygen atoms in total. The molecule has 0 bridgehead atoms. The second-order valence-electron chi connectivity index (χ2n) is 3.81. The average Bonchev–Trinajstić information content (AvgIpc) is 1.81. The summed E-state index contributed by atoms with van der Waals surface area (Å²) in [6, 6.07) is 0. The lowest BCUT2D eigenvalue weighted by Gasteiger charge is -2.18. The van der Waals surface area contributed by atoms with Crippen LogP contribution in [0.15, 0.2) is 4.99 Å². The van der Waals surface area contributed by atoms with E-state index in [0.717, 1.165) is 12.8 Å². The topological polar surface area (TPSA) is 81.5 Å². The summed E-state index contributed by atoms with van der Waals surface area (Å²) in [6.07, 6.45) is 1.96. The van der Waals surface area contributed by atoms with Gasteiger partial charge in [-0.25, -0.2) is 0 Å². The van der Waals surface area contributed by atoms with Crippen LogP contribution in [-0.4, -0.2) is 17.3 Å². The second-order valence-corrected chi connectivity index (χ2v) is 3.81. The Bertz CT molecular complexity index is 209. The first-order valence-electron chi connectivity index (χ1n) is 4.50. The molecule has 0 spiro atoms. The van der Waals surface area contributed by atoms with E-state index in [-0.39, 0.29) is 12.3 Å². The third-order valence-electron chi connectivity index (χ3n) is 1.56. The molecule has 13 heavy (non-hydrogen) atoms. The molecular formula is C9H19N3O. The van der Waals surface area contributed by atoms with Crippen molar-refractivity contribution in [3.8, 4) is 0 Å². The highest BCUT2D eigenvalue weighted by molar-refractivity contribution is 5.81. The fourth-order valence-corrected chi connectivity index (χ4v) is 1.17. The Hall–Kier alpha value is -1.06. The van der Waals surface area contributed by atoms with Crippen molar-refractivity contribution in [1.82, 2.24) is 0 Å². The van der Waals surface area contributed by atoms with Crippen LogP contribution in [-0.2, 0) is 4.79 Å². The number of nitrogens with two attached hydrogens (primary N) is 2. The van der Waals surface area contributed by atoms with Crippen LogP contribution in [0.25, 0.3) is 0 Å². The highest BCUT2D eigenvalue weighted by Crippen LogP contribution is 2.13. The van der Waals surface area contributed by atoms with Gasteiger partial charge in [0, 0.05) is 6.42 Å². The van der Waals surface area contributed by atoms with Crippen molar-refractivity contribution in [1.29, 1.82) is 0 Å². The number of amidine groups is 1. The van der Waals surface area contributed by atoms with E-state index in [1.807, 2.05) is 20.8 Å². The van der Waals surface area contributed by atoms with Gasteiger partial charge >= 0.3 is 0 Å². The molecule has 0 saturated carbocycles. The highest BCUT2D eigenvalue weighted by atomic mass is 16.1. The van der Waals surface area contributed by atoms with Crippen LogP contribution in [0.5, 0.6) is 0 Å². The SMILES string of the molecule is CCCC(N)=NC(C)(C)CC(N)=O. The van der Waals surface area contributed by atoms with Gasteiger partial charge in [0.1, 0.15) is 0 Å². The summed E-state index contributed by atoms with van der Waals surface area (Å²) < 4.78 is 0. The molecule has 0 fully saturated rings. The zero-order valence-electron chi connectivity index (χ0n) is 8.63. The van der Waals surface area contributed by atoms with Crippen LogP contribution in [0.4, 0.5) is 0 Å². The van der Waals surface area contributed by atoms with Gasteiger partial charge in [-0.1, -0.05) is 6.92 Å². The largest absolute Gasteiger partial charge is 0.387 e. The van der Waals surface area contributed by atoms with E-state index in [0.29, 0.717) is 5.84 Å². The molecule has 0 aromatic rings. The van der Waals surface area contributed by atoms with E-state index in [9.17, 15) is 4.79 Å². The minimum atomic E-state index is -0.467. The van der Waals surface area contributed by atoms with Gasteiger partial charge in [0.2, 0.25) is 5.91 Å². The number of carbonyl (C=O) groups is 1. The average molecular weight is 185 g/mol. The molecule has 0 saturated heterocycles. The number of hydrogen-bond acceptors (Lipinski definition) is 2. The minimum absolute atomic E-state index is 0.234. The predicted octanol–water partition coefficient (Wildman–Crippen LogP) is 0.798. The van der Waals surface area contributed by atoms with Crippen molar-refractivity contribution < 1.29 is 4.79 Å². The van der Waals surface area contributed by atoms with E-state index in [2.05, 4.69) is 4.99 Å². The molecule has 0 aromatic carbocycles. The van der Waals surface area contributed by atoms with E-state index >= 15 is 0 Å². The first-order valence-corrected chi connectivity index (χ1v) is 4.50. The molecule has 0 rings (SSSR count). The monoisotopic (exact) mass is 185 g/mol. The quantitative estimate of drug-likeness (QED) is 0.490. The van der Waals surface area contributed by atoms with Gasteiger partial charge in [0.25, 0.3) is 0 Å². The molecular weight excluding hydrogens is 166 g/mol. The predicted molar refractivity (Wildman–Crippen MR) is 54.4 cm³/mol. The van der Waals surface area contributed by atoms with Gasteiger partial charge in [-0.05, 0) is 20.3 Å². The number of primary amides is 1. The molecule has 0 aromatic heterocycles. The van der Waals surface area contributed by atoms with Crippen molar-refractivity contribution in [3.63, 3.8) is 0 Å². The van der Waals surface area contributed by atoms with E-state index in [4.69, 9.17) is 11.5 Å². The van der Waals surface area contributed by atoms with Crippen molar-refractivity contribution in [3.05, 3.63) is 0 Å². The van der Waals surface area contributed by atoms with Crippen LogP contribution in [0.3, 0.4) is 0 Å². The molecule has 0 heterocycles. The fourth-order valence-electron chi connectivity index (χ4n) is 1.17. The normalized spacial score (nSPS) is 13.0. The lowest BCUT2D eigenvalue weighted by molar-refractivity contribution is -0.118. The van der Waals surface area contributed by atoms with Crippen molar-refractivity contribution >= 4 is 11.7 Å². The van der Waals surface area contributed by atoms with E-state index in [1.54, 1.807) is 0 Å². The van der Waals surface area contributed by atoms with E-state index in [1.165, 1.54) is 0 Å². The second kappa shape index (κ2) is 4.84. The maximum Gasteiger partial charge on any atom is 0.219 e. The molecule has 0 aliphatic carbocycles. The summed E-state index contributed by atoms with van der Waals surface area (Å²) in [6.45, 7) is 5.73. The standard InChI is InChI=1S/C9H19N3O/c1-4-5-7(10)12-9(2,3)6-8(11)13/h4-6H2,1-3H3,(H2,10,12)(H2,11,13). The minimum Gasteiger partial charge on any atom is -0.387 e. The smallest absolute Gasteiger partial charge is 0.219 e. The maximum atomic E-state index is 10.7. The van der Waals surface area contributed by atoms with Crippen LogP contribution >= 0.6 is 0 Å². The fraction of sp³-hybridized carbons (Fsp3) is 0.778. The van der Waals surface area contributed by atoms with Crippen molar-refractivity contribution in [2.45, 2.75) is 45.6 Å². The number of carbonyl (C=O) groups excluding carboxylic acids is 1. The Morgan fingerprint density at radius 3 is 2.31 bits per heavy atom. The Balaban J connectivity index is 4.28. The zero-order valence-corrected chi connectivity index (χ0v) is 8.63. The van der Waals surface area contributed by atoms with Crippen LogP contribution < -0.4 is 11.5 Å². The van der Waals surface area contributed by atoms with Gasteiger partial charge in [0.05, 0.1) is 17.8 Å². The first kappa shape index (κ1) is 11.9. The Labute approximate surface area is 79.4 Å². The van der Waals surface area contributed by atoms with Gasteiger partial charge in [-0.2, -0.15) is 0 Å². The summed E-state index contributed by atoms with van der Waals surface area (Å²) in [4.78, 5) is 14.9. The molecule has 0 aliphatic heterocycles. The summed E-state index contributed by atoms with van der Waals surface area (Å²) in [5.41, 5.74) is 10.3. The van der Waals surface area contributed by atoms with Gasteiger partial charge in [-0.3, -0.25) is 9.79 Å².